The maximum atomic E-state index is 9.91. The molecule has 0 amide bonds. The van der Waals surface area contributed by atoms with Crippen LogP contribution in [0.4, 0.5) is 0 Å². The number of rotatable bonds is 0. The van der Waals surface area contributed by atoms with E-state index >= 15 is 0 Å². The maximum absolute atomic E-state index is 9.91. The van der Waals surface area contributed by atoms with E-state index in [4.69, 9.17) is 0 Å². The summed E-state index contributed by atoms with van der Waals surface area (Å²) in [5.41, 5.74) is -0.694. The van der Waals surface area contributed by atoms with Gasteiger partial charge in [0.2, 0.25) is 0 Å². The van der Waals surface area contributed by atoms with Crippen molar-refractivity contribution >= 4 is 33.3 Å². The topological polar surface area (TPSA) is 40.1 Å². The van der Waals surface area contributed by atoms with Crippen LogP contribution < -0.4 is 17.5 Å². The van der Waals surface area contributed by atoms with Gasteiger partial charge in [-0.2, -0.15) is 0 Å². The quantitative estimate of drug-likeness (QED) is 0.427. The first kappa shape index (κ1) is 16.3. The number of hydrogen-bond donors (Lipinski definition) is 0. The summed E-state index contributed by atoms with van der Waals surface area (Å²) in [7, 11) is 0. The van der Waals surface area contributed by atoms with Crippen LogP contribution in [0.2, 0.25) is 0 Å². The van der Waals surface area contributed by atoms with Crippen molar-refractivity contribution in [1.29, 1.82) is 0 Å². The molecule has 0 saturated carbocycles. The van der Waals surface area contributed by atoms with Gasteiger partial charge in [-0.3, -0.25) is 0 Å². The van der Waals surface area contributed by atoms with Crippen molar-refractivity contribution in [3.05, 3.63) is 0 Å². The van der Waals surface area contributed by atoms with Gasteiger partial charge in [-0.05, 0) is 0 Å². The zero-order chi connectivity index (χ0) is 6.08. The first-order chi connectivity index (χ1) is 2.94. The van der Waals surface area contributed by atoms with Crippen LogP contribution in [-0.4, -0.2) is 33.3 Å². The molecular formula is C5H9ClO2Pb. The van der Waals surface area contributed by atoms with Gasteiger partial charge in [-0.1, -0.05) is 20.8 Å². The molecule has 0 saturated heterocycles. The van der Waals surface area contributed by atoms with E-state index in [1.807, 2.05) is 0 Å². The minimum Gasteiger partial charge on any atom is -1.00 e. The molecule has 0 N–H and O–H groups in total. The summed E-state index contributed by atoms with van der Waals surface area (Å²) in [6.45, 7) is 4.80. The normalized spacial score (nSPS) is 8.78. The van der Waals surface area contributed by atoms with E-state index in [2.05, 4.69) is 0 Å². The van der Waals surface area contributed by atoms with Gasteiger partial charge in [-0.25, -0.2) is 0 Å². The average molecular weight is 344 g/mol. The van der Waals surface area contributed by atoms with Gasteiger partial charge < -0.3 is 22.3 Å². The van der Waals surface area contributed by atoms with Gasteiger partial charge in [0.05, 0.1) is 0 Å². The van der Waals surface area contributed by atoms with Gasteiger partial charge in [0.15, 0.2) is 0 Å². The van der Waals surface area contributed by atoms with E-state index in [0.717, 1.165) is 0 Å². The van der Waals surface area contributed by atoms with Gasteiger partial charge in [0.25, 0.3) is 0 Å². The smallest absolute Gasteiger partial charge is 1.00 e. The van der Waals surface area contributed by atoms with E-state index in [1.165, 1.54) is 0 Å². The number of hydrogen-bond acceptors (Lipinski definition) is 2. The zero-order valence-corrected chi connectivity index (χ0v) is 10.3. The minimum absolute atomic E-state index is 0. The molecule has 0 rings (SSSR count). The molecule has 2 radical (unpaired) electrons. The summed E-state index contributed by atoms with van der Waals surface area (Å²) in [6.07, 6.45) is 0. The third kappa shape index (κ3) is 8.68. The van der Waals surface area contributed by atoms with Crippen LogP contribution >= 0.6 is 0 Å². The van der Waals surface area contributed by atoms with Crippen LogP contribution in [0.1, 0.15) is 20.8 Å². The summed E-state index contributed by atoms with van der Waals surface area (Å²) >= 11 is 0. The Labute approximate surface area is 81.6 Å². The molecule has 0 aromatic carbocycles. The molecule has 0 spiro atoms. The van der Waals surface area contributed by atoms with Crippen LogP contribution in [0, 0.1) is 5.41 Å². The molecule has 2 nitrogen and oxygen atoms in total. The fourth-order valence-electron chi connectivity index (χ4n) is 0. The van der Waals surface area contributed by atoms with Crippen molar-refractivity contribution in [3.63, 3.8) is 0 Å². The molecule has 52 valence electrons. The molecule has 0 fully saturated rings. The van der Waals surface area contributed by atoms with Gasteiger partial charge in [0, 0.05) is 11.4 Å². The molecule has 0 aromatic heterocycles. The number of carboxylic acid groups (broad SMARTS) is 1. The third-order valence-electron chi connectivity index (χ3n) is 0.612. The molecule has 9 heavy (non-hydrogen) atoms. The summed E-state index contributed by atoms with van der Waals surface area (Å²) in [5.74, 6) is -1.01. The van der Waals surface area contributed by atoms with Crippen molar-refractivity contribution < 1.29 is 22.3 Å². The minimum atomic E-state index is -1.01. The number of carbonyl (C=O) groups is 1. The molecule has 0 unspecified atom stereocenters. The Balaban J connectivity index is -0.000000180. The SMILES string of the molecule is CC(C)(C)C(=O)[O-].[Cl-].[Pb+2]. The van der Waals surface area contributed by atoms with E-state index in [0.29, 0.717) is 0 Å². The molecule has 4 heteroatoms. The second-order valence-corrected chi connectivity index (χ2v) is 2.54. The Morgan fingerprint density at radius 3 is 1.44 bits per heavy atom. The van der Waals surface area contributed by atoms with Crippen molar-refractivity contribution in [2.45, 2.75) is 20.8 Å². The van der Waals surface area contributed by atoms with Crippen LogP contribution in [-0.2, 0) is 4.79 Å². The third-order valence-corrected chi connectivity index (χ3v) is 0.612. The molecule has 0 aliphatic rings. The molecule has 0 aromatic rings. The predicted molar refractivity (Wildman–Crippen MR) is 30.2 cm³/mol. The molecular weight excluding hydrogens is 335 g/mol. The Morgan fingerprint density at radius 1 is 1.33 bits per heavy atom. The van der Waals surface area contributed by atoms with Gasteiger partial charge in [-0.15, -0.1) is 0 Å². The van der Waals surface area contributed by atoms with Crippen molar-refractivity contribution in [3.8, 4) is 0 Å². The monoisotopic (exact) mass is 344 g/mol. The van der Waals surface area contributed by atoms with E-state index < -0.39 is 11.4 Å². The van der Waals surface area contributed by atoms with E-state index in [1.54, 1.807) is 20.8 Å². The van der Waals surface area contributed by atoms with E-state index in [-0.39, 0.29) is 39.7 Å². The molecule has 0 bridgehead atoms. The fourth-order valence-corrected chi connectivity index (χ4v) is 0. The molecule has 0 aliphatic heterocycles. The number of halogens is 1. The molecule has 0 atom stereocenters. The number of aliphatic carboxylic acids is 1. The number of carboxylic acids is 1. The van der Waals surface area contributed by atoms with Crippen LogP contribution in [0.15, 0.2) is 0 Å². The summed E-state index contributed by atoms with van der Waals surface area (Å²) < 4.78 is 0. The average Bonchev–Trinajstić information content (AvgIpc) is 1.31. The molecule has 0 heterocycles. The summed E-state index contributed by atoms with van der Waals surface area (Å²) in [6, 6.07) is 0. The Hall–Kier alpha value is 0.682. The second kappa shape index (κ2) is 5.47. The van der Waals surface area contributed by atoms with Crippen LogP contribution in [0.25, 0.3) is 0 Å². The predicted octanol–water partition coefficient (Wildman–Crippen LogP) is -3.59. The van der Waals surface area contributed by atoms with Crippen LogP contribution in [0.3, 0.4) is 0 Å². The summed E-state index contributed by atoms with van der Waals surface area (Å²) in [4.78, 5) is 9.91. The van der Waals surface area contributed by atoms with Crippen molar-refractivity contribution in [1.82, 2.24) is 0 Å². The first-order valence-electron chi connectivity index (χ1n) is 2.16. The largest absolute Gasteiger partial charge is 2.00 e. The van der Waals surface area contributed by atoms with Crippen molar-refractivity contribution in [2.75, 3.05) is 0 Å². The Bertz CT molecular complexity index is 87.4. The van der Waals surface area contributed by atoms with Crippen LogP contribution in [0.5, 0.6) is 0 Å². The van der Waals surface area contributed by atoms with E-state index in [9.17, 15) is 9.90 Å². The number of carbonyl (C=O) groups excluding carboxylic acids is 1. The summed E-state index contributed by atoms with van der Waals surface area (Å²) in [5, 5.41) is 9.91. The second-order valence-electron chi connectivity index (χ2n) is 2.54. The first-order valence-corrected chi connectivity index (χ1v) is 2.16. The Morgan fingerprint density at radius 2 is 1.44 bits per heavy atom. The molecule has 0 aliphatic carbocycles. The van der Waals surface area contributed by atoms with Gasteiger partial charge >= 0.3 is 27.3 Å². The van der Waals surface area contributed by atoms with Crippen molar-refractivity contribution in [2.24, 2.45) is 5.41 Å². The van der Waals surface area contributed by atoms with Gasteiger partial charge in [0.1, 0.15) is 0 Å². The standard InChI is InChI=1S/C5H10O2.ClH.Pb/c1-5(2,3)4(6)7;;/h1-3H3,(H,6,7);1H;/q;;+2/p-2. The maximum Gasteiger partial charge on any atom is 2.00 e. The zero-order valence-electron chi connectivity index (χ0n) is 5.69. The fraction of sp³-hybridized carbons (Fsp3) is 0.800. The Kier molecular flexibility index (Phi) is 9.93.